The Morgan fingerprint density at radius 1 is 1.33 bits per heavy atom. The minimum atomic E-state index is -1.75. The van der Waals surface area contributed by atoms with Crippen molar-refractivity contribution in [2.75, 3.05) is 7.11 Å². The third-order valence-corrected chi connectivity index (χ3v) is 9.36. The second-order valence-electron chi connectivity index (χ2n) is 4.31. The Hall–Kier alpha value is -1.43. The van der Waals surface area contributed by atoms with E-state index in [-0.39, 0.29) is 5.69 Å². The fourth-order valence-corrected chi connectivity index (χ4v) is 6.00. The average molecular weight is 268 g/mol. The Morgan fingerprint density at radius 3 is 2.28 bits per heavy atom. The predicted octanol–water partition coefficient (Wildman–Crippen LogP) is 1.72. The van der Waals surface area contributed by atoms with Crippen molar-refractivity contribution in [3.05, 3.63) is 11.3 Å². The summed E-state index contributed by atoms with van der Waals surface area (Å²) in [6, 6.07) is 3.05. The lowest BCUT2D eigenvalue weighted by Crippen LogP contribution is -2.48. The lowest BCUT2D eigenvalue weighted by molar-refractivity contribution is 0.0591. The number of nitrogens with zero attached hydrogens (tertiary/aromatic N) is 1. The third-order valence-electron chi connectivity index (χ3n) is 3.86. The number of hydrogen-bond acceptors (Lipinski definition) is 4. The fourth-order valence-electron chi connectivity index (χ4n) is 2.40. The number of aromatic amines is 1. The number of aldehydes is 1. The van der Waals surface area contributed by atoms with Crippen LogP contribution in [0, 0.1) is 0 Å². The molecule has 0 amide bonds. The van der Waals surface area contributed by atoms with Crippen molar-refractivity contribution >= 4 is 25.6 Å². The van der Waals surface area contributed by atoms with Gasteiger partial charge < -0.3 is 4.74 Å². The molecule has 0 saturated heterocycles. The minimum absolute atomic E-state index is 0.106. The maximum atomic E-state index is 11.6. The standard InChI is InChI=1S/C12H20N2O3Si/c1-5-18(6-2,7-3)11-9(8-15)10(13-14-11)12(16)17-4/h8H,5-7H2,1-4H3,(H,13,14). The Balaban J connectivity index is 3.37. The second-order valence-corrected chi connectivity index (χ2v) is 9.49. The molecule has 0 aliphatic heterocycles. The Kier molecular flexibility index (Phi) is 4.83. The summed E-state index contributed by atoms with van der Waals surface area (Å²) in [4.78, 5) is 22.8. The van der Waals surface area contributed by atoms with Crippen molar-refractivity contribution in [2.24, 2.45) is 0 Å². The summed E-state index contributed by atoms with van der Waals surface area (Å²) in [5, 5.41) is 7.77. The van der Waals surface area contributed by atoms with Crippen LogP contribution in [-0.2, 0) is 4.74 Å². The van der Waals surface area contributed by atoms with E-state index >= 15 is 0 Å². The number of ether oxygens (including phenoxy) is 1. The van der Waals surface area contributed by atoms with Gasteiger partial charge in [0.15, 0.2) is 12.0 Å². The molecule has 6 heteroatoms. The number of esters is 1. The lowest BCUT2D eigenvalue weighted by Gasteiger charge is -2.26. The molecule has 0 saturated carbocycles. The van der Waals surface area contributed by atoms with Crippen LogP contribution in [0.1, 0.15) is 41.6 Å². The van der Waals surface area contributed by atoms with Crippen LogP contribution in [0.25, 0.3) is 0 Å². The molecule has 0 atom stereocenters. The van der Waals surface area contributed by atoms with Gasteiger partial charge in [0.2, 0.25) is 0 Å². The number of rotatable bonds is 6. The van der Waals surface area contributed by atoms with Crippen LogP contribution in [0.15, 0.2) is 0 Å². The Morgan fingerprint density at radius 2 is 1.89 bits per heavy atom. The van der Waals surface area contributed by atoms with Crippen LogP contribution in [0.4, 0.5) is 0 Å². The van der Waals surface area contributed by atoms with E-state index < -0.39 is 14.0 Å². The first-order valence-electron chi connectivity index (χ1n) is 6.22. The molecule has 100 valence electrons. The van der Waals surface area contributed by atoms with E-state index in [2.05, 4.69) is 35.7 Å². The zero-order chi connectivity index (χ0) is 13.8. The number of nitrogens with one attached hydrogen (secondary N) is 1. The number of hydrogen-bond donors (Lipinski definition) is 1. The van der Waals surface area contributed by atoms with Crippen molar-refractivity contribution in [3.63, 3.8) is 0 Å². The molecule has 0 fully saturated rings. The molecular formula is C12H20N2O3Si. The smallest absolute Gasteiger partial charge is 0.359 e. The summed E-state index contributed by atoms with van der Waals surface area (Å²) >= 11 is 0. The number of carbonyl (C=O) groups excluding carboxylic acids is 2. The van der Waals surface area contributed by atoms with E-state index in [1.54, 1.807) is 0 Å². The molecule has 1 N–H and O–H groups in total. The molecule has 0 aromatic carbocycles. The first-order chi connectivity index (χ1) is 8.60. The summed E-state index contributed by atoms with van der Waals surface area (Å²) < 4.78 is 4.64. The fraction of sp³-hybridized carbons (Fsp3) is 0.583. The molecule has 1 heterocycles. The molecule has 1 rings (SSSR count). The third kappa shape index (κ3) is 2.24. The number of methoxy groups -OCH3 is 1. The van der Waals surface area contributed by atoms with Crippen LogP contribution < -0.4 is 5.32 Å². The van der Waals surface area contributed by atoms with E-state index in [9.17, 15) is 9.59 Å². The summed E-state index contributed by atoms with van der Waals surface area (Å²) in [6.45, 7) is 6.39. The van der Waals surface area contributed by atoms with Crippen molar-refractivity contribution in [1.82, 2.24) is 10.2 Å². The van der Waals surface area contributed by atoms with Gasteiger partial charge in [0.25, 0.3) is 0 Å². The SMILES string of the molecule is CC[Si](CC)(CC)c1[nH]nc(C(=O)OC)c1C=O. The largest absolute Gasteiger partial charge is 0.464 e. The van der Waals surface area contributed by atoms with Crippen LogP contribution in [0.5, 0.6) is 0 Å². The number of aromatic nitrogens is 2. The Labute approximate surface area is 108 Å². The summed E-state index contributed by atoms with van der Waals surface area (Å²) in [5.74, 6) is -0.564. The van der Waals surface area contributed by atoms with Gasteiger partial charge in [-0.2, -0.15) is 5.10 Å². The molecule has 0 bridgehead atoms. The lowest BCUT2D eigenvalue weighted by atomic mass is 10.3. The minimum Gasteiger partial charge on any atom is -0.464 e. The second kappa shape index (κ2) is 5.95. The molecule has 18 heavy (non-hydrogen) atoms. The zero-order valence-corrected chi connectivity index (χ0v) is 12.4. The normalized spacial score (nSPS) is 11.3. The van der Waals surface area contributed by atoms with Gasteiger partial charge in [-0.15, -0.1) is 0 Å². The zero-order valence-electron chi connectivity index (χ0n) is 11.4. The molecule has 0 unspecified atom stereocenters. The van der Waals surface area contributed by atoms with E-state index in [1.807, 2.05) is 0 Å². The van der Waals surface area contributed by atoms with E-state index in [1.165, 1.54) is 7.11 Å². The van der Waals surface area contributed by atoms with Gasteiger partial charge in [-0.05, 0) is 0 Å². The van der Waals surface area contributed by atoms with Crippen molar-refractivity contribution in [2.45, 2.75) is 38.9 Å². The molecule has 0 radical (unpaired) electrons. The molecule has 1 aromatic rings. The molecule has 1 aromatic heterocycles. The molecule has 0 spiro atoms. The highest BCUT2D eigenvalue weighted by atomic mass is 28.3. The maximum absolute atomic E-state index is 11.6. The summed E-state index contributed by atoms with van der Waals surface area (Å²) in [6.07, 6.45) is 0.716. The van der Waals surface area contributed by atoms with Gasteiger partial charge in [-0.3, -0.25) is 9.89 Å². The maximum Gasteiger partial charge on any atom is 0.359 e. The van der Waals surface area contributed by atoms with Gasteiger partial charge in [0.1, 0.15) is 8.07 Å². The van der Waals surface area contributed by atoms with Gasteiger partial charge in [-0.1, -0.05) is 38.9 Å². The molecule has 0 aliphatic rings. The first-order valence-corrected chi connectivity index (χ1v) is 8.84. The van der Waals surface area contributed by atoms with Gasteiger partial charge in [-0.25, -0.2) is 4.79 Å². The quantitative estimate of drug-likeness (QED) is 0.484. The molecule has 0 aliphatic carbocycles. The number of carbonyl (C=O) groups is 2. The van der Waals surface area contributed by atoms with Gasteiger partial charge >= 0.3 is 5.97 Å². The average Bonchev–Trinajstić information content (AvgIpc) is 2.85. The van der Waals surface area contributed by atoms with Crippen molar-refractivity contribution in [3.8, 4) is 0 Å². The van der Waals surface area contributed by atoms with Crippen molar-refractivity contribution < 1.29 is 14.3 Å². The van der Waals surface area contributed by atoms with E-state index in [0.29, 0.717) is 11.8 Å². The van der Waals surface area contributed by atoms with Gasteiger partial charge in [0, 0.05) is 5.32 Å². The van der Waals surface area contributed by atoms with Crippen LogP contribution in [0.2, 0.25) is 18.1 Å². The highest BCUT2D eigenvalue weighted by molar-refractivity contribution is 6.91. The highest BCUT2D eigenvalue weighted by Crippen LogP contribution is 2.21. The predicted molar refractivity (Wildman–Crippen MR) is 72.1 cm³/mol. The van der Waals surface area contributed by atoms with Crippen LogP contribution in [-0.4, -0.2) is 37.6 Å². The van der Waals surface area contributed by atoms with E-state index in [0.717, 1.165) is 23.4 Å². The van der Waals surface area contributed by atoms with E-state index in [4.69, 9.17) is 0 Å². The van der Waals surface area contributed by atoms with Crippen molar-refractivity contribution in [1.29, 1.82) is 0 Å². The monoisotopic (exact) mass is 268 g/mol. The topological polar surface area (TPSA) is 72.1 Å². The summed E-state index contributed by atoms with van der Waals surface area (Å²) in [5.41, 5.74) is 0.494. The molecule has 5 nitrogen and oxygen atoms in total. The first kappa shape index (κ1) is 14.6. The van der Waals surface area contributed by atoms with Crippen LogP contribution >= 0.6 is 0 Å². The highest BCUT2D eigenvalue weighted by Gasteiger charge is 2.35. The Bertz CT molecular complexity index is 430. The van der Waals surface area contributed by atoms with Crippen LogP contribution in [0.3, 0.4) is 0 Å². The number of H-pyrrole nitrogens is 1. The molecular weight excluding hydrogens is 248 g/mol. The summed E-state index contributed by atoms with van der Waals surface area (Å²) in [7, 11) is -0.467. The van der Waals surface area contributed by atoms with Gasteiger partial charge in [0.05, 0.1) is 12.7 Å².